The van der Waals surface area contributed by atoms with Gasteiger partial charge < -0.3 is 14.4 Å². The summed E-state index contributed by atoms with van der Waals surface area (Å²) >= 11 is 3.22. The number of anilines is 1. The third kappa shape index (κ3) is 7.50. The summed E-state index contributed by atoms with van der Waals surface area (Å²) in [4.78, 5) is 26.3. The molecule has 0 aliphatic heterocycles. The Morgan fingerprint density at radius 2 is 1.94 bits per heavy atom. The number of benzene rings is 2. The Balaban J connectivity index is 2.10. The second kappa shape index (κ2) is 11.8. The molecule has 0 heterocycles. The largest absolute Gasteiger partial charge is 0.449 e. The predicted octanol–water partition coefficient (Wildman–Crippen LogP) is 4.94. The summed E-state index contributed by atoms with van der Waals surface area (Å²) in [6.45, 7) is -1.46. The number of ether oxygens (including phenoxy) is 2. The van der Waals surface area contributed by atoms with Gasteiger partial charge in [-0.25, -0.2) is 4.79 Å². The summed E-state index contributed by atoms with van der Waals surface area (Å²) in [5.74, 6) is -1.44. The van der Waals surface area contributed by atoms with Crippen molar-refractivity contribution >= 4 is 39.6 Å². The van der Waals surface area contributed by atoms with E-state index in [4.69, 9.17) is 10.00 Å². The Hall–Kier alpha value is -3.25. The zero-order valence-electron chi connectivity index (χ0n) is 16.5. The van der Waals surface area contributed by atoms with Crippen LogP contribution in [0.15, 0.2) is 59.1 Å². The SMILES string of the molecule is CC(OC(=O)/C=C/c1cc(Br)ccc1OC(F)F)C(=O)N(CCC#N)c1ccccc1. The van der Waals surface area contributed by atoms with Gasteiger partial charge in [0.25, 0.3) is 5.91 Å². The first kappa shape index (κ1) is 24.0. The minimum atomic E-state index is -3.02. The summed E-state index contributed by atoms with van der Waals surface area (Å²) in [6, 6.07) is 15.0. The van der Waals surface area contributed by atoms with Gasteiger partial charge in [0, 0.05) is 28.3 Å². The molecule has 162 valence electrons. The number of alkyl halides is 2. The molecule has 0 radical (unpaired) electrons. The van der Waals surface area contributed by atoms with Crippen molar-refractivity contribution in [2.45, 2.75) is 26.1 Å². The van der Waals surface area contributed by atoms with E-state index in [1.54, 1.807) is 30.3 Å². The molecule has 0 N–H and O–H groups in total. The number of para-hydroxylation sites is 1. The van der Waals surface area contributed by atoms with Gasteiger partial charge in [0.15, 0.2) is 6.10 Å². The van der Waals surface area contributed by atoms with Crippen LogP contribution in [0.3, 0.4) is 0 Å². The van der Waals surface area contributed by atoms with Crippen LogP contribution >= 0.6 is 15.9 Å². The fourth-order valence-corrected chi connectivity index (χ4v) is 3.01. The Labute approximate surface area is 186 Å². The van der Waals surface area contributed by atoms with Crippen LogP contribution in [0, 0.1) is 11.3 Å². The first-order valence-corrected chi connectivity index (χ1v) is 9.97. The molecule has 31 heavy (non-hydrogen) atoms. The number of halogens is 3. The summed E-state index contributed by atoms with van der Waals surface area (Å²) in [6.07, 6.45) is 1.26. The highest BCUT2D eigenvalue weighted by Gasteiger charge is 2.24. The van der Waals surface area contributed by atoms with Crippen LogP contribution in [-0.2, 0) is 14.3 Å². The van der Waals surface area contributed by atoms with Crippen LogP contribution in [-0.4, -0.2) is 31.1 Å². The fourth-order valence-electron chi connectivity index (χ4n) is 2.63. The lowest BCUT2D eigenvalue weighted by atomic mass is 10.2. The van der Waals surface area contributed by atoms with Crippen LogP contribution in [0.2, 0.25) is 0 Å². The lowest BCUT2D eigenvalue weighted by Gasteiger charge is -2.24. The lowest BCUT2D eigenvalue weighted by Crippen LogP contribution is -2.40. The van der Waals surface area contributed by atoms with Crippen molar-refractivity contribution in [2.24, 2.45) is 0 Å². The van der Waals surface area contributed by atoms with Gasteiger partial charge in [0.05, 0.1) is 12.5 Å². The molecule has 1 unspecified atom stereocenters. The molecule has 1 amide bonds. The van der Waals surface area contributed by atoms with Crippen molar-refractivity contribution in [1.82, 2.24) is 0 Å². The van der Waals surface area contributed by atoms with Crippen molar-refractivity contribution in [3.8, 4) is 11.8 Å². The maximum atomic E-state index is 12.8. The number of hydrogen-bond donors (Lipinski definition) is 0. The number of carbonyl (C=O) groups is 2. The summed E-state index contributed by atoms with van der Waals surface area (Å²) in [5, 5.41) is 8.86. The highest BCUT2D eigenvalue weighted by Crippen LogP contribution is 2.26. The second-order valence-electron chi connectivity index (χ2n) is 6.21. The maximum Gasteiger partial charge on any atom is 0.387 e. The van der Waals surface area contributed by atoms with Crippen molar-refractivity contribution in [3.63, 3.8) is 0 Å². The molecule has 6 nitrogen and oxygen atoms in total. The average molecular weight is 493 g/mol. The van der Waals surface area contributed by atoms with E-state index in [0.29, 0.717) is 10.2 Å². The third-order valence-corrected chi connectivity index (χ3v) is 4.50. The smallest absolute Gasteiger partial charge is 0.387 e. The van der Waals surface area contributed by atoms with Crippen molar-refractivity contribution in [2.75, 3.05) is 11.4 Å². The molecule has 2 aromatic carbocycles. The topological polar surface area (TPSA) is 79.6 Å². The highest BCUT2D eigenvalue weighted by molar-refractivity contribution is 9.10. The van der Waals surface area contributed by atoms with Crippen molar-refractivity contribution in [1.29, 1.82) is 5.26 Å². The third-order valence-electron chi connectivity index (χ3n) is 4.01. The molecule has 0 aliphatic rings. The van der Waals surface area contributed by atoms with Crippen molar-refractivity contribution in [3.05, 3.63) is 64.6 Å². The number of amides is 1. The van der Waals surface area contributed by atoms with Gasteiger partial charge in [-0.3, -0.25) is 4.79 Å². The fraction of sp³-hybridized carbons (Fsp3) is 0.227. The summed E-state index contributed by atoms with van der Waals surface area (Å²) < 4.78 is 35.3. The molecule has 0 aliphatic carbocycles. The lowest BCUT2D eigenvalue weighted by molar-refractivity contribution is -0.149. The Bertz CT molecular complexity index is 977. The van der Waals surface area contributed by atoms with Gasteiger partial charge in [-0.05, 0) is 43.3 Å². The standard InChI is InChI=1S/C22H19BrF2N2O4/c1-15(21(29)27(13-5-12-26)18-6-3-2-4-7-18)30-20(28)11-8-16-14-17(23)9-10-19(16)31-22(24)25/h2-4,6-11,14-15,22H,5,13H2,1H3/b11-8+. The molecule has 0 saturated carbocycles. The number of nitrogens with zero attached hydrogens (tertiary/aromatic N) is 2. The molecule has 0 bridgehead atoms. The van der Waals surface area contributed by atoms with E-state index in [-0.39, 0.29) is 24.3 Å². The number of nitriles is 1. The van der Waals surface area contributed by atoms with Gasteiger partial charge in [-0.1, -0.05) is 34.1 Å². The first-order valence-electron chi connectivity index (χ1n) is 9.18. The Morgan fingerprint density at radius 1 is 1.23 bits per heavy atom. The molecular weight excluding hydrogens is 474 g/mol. The second-order valence-corrected chi connectivity index (χ2v) is 7.12. The highest BCUT2D eigenvalue weighted by atomic mass is 79.9. The van der Waals surface area contributed by atoms with Crippen LogP contribution in [0.5, 0.6) is 5.75 Å². The van der Waals surface area contributed by atoms with Gasteiger partial charge in [0.2, 0.25) is 0 Å². The van der Waals surface area contributed by atoms with Crippen LogP contribution < -0.4 is 9.64 Å². The van der Waals surface area contributed by atoms with E-state index in [2.05, 4.69) is 20.7 Å². The zero-order valence-corrected chi connectivity index (χ0v) is 18.1. The van der Waals surface area contributed by atoms with Gasteiger partial charge in [-0.2, -0.15) is 14.0 Å². The average Bonchev–Trinajstić information content (AvgIpc) is 2.74. The quantitative estimate of drug-likeness (QED) is 0.365. The molecule has 2 aromatic rings. The van der Waals surface area contributed by atoms with E-state index >= 15 is 0 Å². The van der Waals surface area contributed by atoms with Crippen LogP contribution in [0.25, 0.3) is 6.08 Å². The summed E-state index contributed by atoms with van der Waals surface area (Å²) in [5.41, 5.74) is 0.801. The molecule has 0 aromatic heterocycles. The molecule has 0 fully saturated rings. The first-order chi connectivity index (χ1) is 14.8. The molecule has 1 atom stereocenters. The minimum Gasteiger partial charge on any atom is -0.449 e. The minimum absolute atomic E-state index is 0.108. The molecule has 0 spiro atoms. The number of carbonyl (C=O) groups excluding carboxylic acids is 2. The number of esters is 1. The number of hydrogen-bond acceptors (Lipinski definition) is 5. The van der Waals surface area contributed by atoms with E-state index in [0.717, 1.165) is 6.08 Å². The maximum absolute atomic E-state index is 12.8. The van der Waals surface area contributed by atoms with E-state index in [9.17, 15) is 18.4 Å². The van der Waals surface area contributed by atoms with E-state index < -0.39 is 24.6 Å². The Kier molecular flexibility index (Phi) is 9.15. The predicted molar refractivity (Wildman–Crippen MR) is 114 cm³/mol. The van der Waals surface area contributed by atoms with Gasteiger partial charge >= 0.3 is 12.6 Å². The molecular formula is C22H19BrF2N2O4. The molecule has 9 heteroatoms. The van der Waals surface area contributed by atoms with E-state index in [1.165, 1.54) is 36.1 Å². The van der Waals surface area contributed by atoms with Gasteiger partial charge in [0.1, 0.15) is 5.75 Å². The molecule has 0 saturated heterocycles. The monoisotopic (exact) mass is 492 g/mol. The molecule has 2 rings (SSSR count). The van der Waals surface area contributed by atoms with Gasteiger partial charge in [-0.15, -0.1) is 0 Å². The summed E-state index contributed by atoms with van der Waals surface area (Å²) in [7, 11) is 0. The van der Waals surface area contributed by atoms with Crippen LogP contribution in [0.1, 0.15) is 18.9 Å². The van der Waals surface area contributed by atoms with Crippen LogP contribution in [0.4, 0.5) is 14.5 Å². The van der Waals surface area contributed by atoms with Crippen molar-refractivity contribution < 1.29 is 27.8 Å². The zero-order chi connectivity index (χ0) is 22.8. The normalized spacial score (nSPS) is 11.7. The van der Waals surface area contributed by atoms with E-state index in [1.807, 2.05) is 6.07 Å². The Morgan fingerprint density at radius 3 is 2.58 bits per heavy atom. The number of rotatable bonds is 9.